The van der Waals surface area contributed by atoms with Crippen LogP contribution in [0.15, 0.2) is 24.3 Å². The third kappa shape index (κ3) is 4.93. The molecule has 2 amide bonds. The third-order valence-corrected chi connectivity index (χ3v) is 5.27. The van der Waals surface area contributed by atoms with Crippen LogP contribution in [0.25, 0.3) is 0 Å². The Bertz CT molecular complexity index is 687. The lowest BCUT2D eigenvalue weighted by atomic mass is 9.98. The highest BCUT2D eigenvalue weighted by molar-refractivity contribution is 5.97. The molecule has 1 aromatic carbocycles. The first kappa shape index (κ1) is 21.5. The van der Waals surface area contributed by atoms with Gasteiger partial charge in [-0.05, 0) is 37.8 Å². The van der Waals surface area contributed by atoms with Crippen molar-refractivity contribution in [2.75, 3.05) is 13.6 Å². The molecule has 2 fully saturated rings. The van der Waals surface area contributed by atoms with Crippen molar-refractivity contribution in [3.63, 3.8) is 0 Å². The number of alkyl halides is 3. The Kier molecular flexibility index (Phi) is 6.75. The standard InChI is InChI=1S/C18H22F3N3O2.ClH/c1-24(13-8-11-6-7-12(9-13)23-11)16(25)10-22-17(26)14-4-2-3-5-15(14)18(19,20)21;/h2-5,11-13,23H,6-10H2,1H3,(H,22,26);1H. The van der Waals surface area contributed by atoms with Crippen LogP contribution < -0.4 is 10.6 Å². The smallest absolute Gasteiger partial charge is 0.343 e. The maximum Gasteiger partial charge on any atom is 0.417 e. The Morgan fingerprint density at radius 2 is 1.78 bits per heavy atom. The molecule has 27 heavy (non-hydrogen) atoms. The molecule has 2 aliphatic heterocycles. The van der Waals surface area contributed by atoms with Crippen LogP contribution in [0, 0.1) is 0 Å². The molecule has 1 aromatic rings. The van der Waals surface area contributed by atoms with Crippen LogP contribution in [0.5, 0.6) is 0 Å². The van der Waals surface area contributed by atoms with Gasteiger partial charge in [0.25, 0.3) is 5.91 Å². The molecule has 9 heteroatoms. The van der Waals surface area contributed by atoms with Crippen molar-refractivity contribution in [2.45, 2.75) is 50.0 Å². The van der Waals surface area contributed by atoms with E-state index in [4.69, 9.17) is 0 Å². The lowest BCUT2D eigenvalue weighted by Gasteiger charge is -2.35. The highest BCUT2D eigenvalue weighted by Crippen LogP contribution is 2.32. The largest absolute Gasteiger partial charge is 0.417 e. The van der Waals surface area contributed by atoms with Crippen molar-refractivity contribution in [2.24, 2.45) is 0 Å². The molecular weight excluding hydrogens is 383 g/mol. The van der Waals surface area contributed by atoms with Gasteiger partial charge in [0.15, 0.2) is 0 Å². The number of rotatable bonds is 4. The minimum atomic E-state index is -4.62. The lowest BCUT2D eigenvalue weighted by molar-refractivity contribution is -0.137. The summed E-state index contributed by atoms with van der Waals surface area (Å²) in [5, 5.41) is 5.82. The number of likely N-dealkylation sites (N-methyl/N-ethyl adjacent to an activating group) is 1. The van der Waals surface area contributed by atoms with Crippen molar-refractivity contribution >= 4 is 24.2 Å². The summed E-state index contributed by atoms with van der Waals surface area (Å²) < 4.78 is 39.0. The van der Waals surface area contributed by atoms with E-state index in [1.807, 2.05) is 0 Å². The second-order valence-corrected chi connectivity index (χ2v) is 6.99. The van der Waals surface area contributed by atoms with Crippen LogP contribution in [0.1, 0.15) is 41.6 Å². The predicted molar refractivity (Wildman–Crippen MR) is 96.8 cm³/mol. The van der Waals surface area contributed by atoms with E-state index in [0.717, 1.165) is 37.8 Å². The van der Waals surface area contributed by atoms with Gasteiger partial charge in [-0.25, -0.2) is 0 Å². The fourth-order valence-corrected chi connectivity index (χ4v) is 3.85. The summed E-state index contributed by atoms with van der Waals surface area (Å²) in [6.07, 6.45) is -0.682. The van der Waals surface area contributed by atoms with E-state index in [-0.39, 0.29) is 30.9 Å². The van der Waals surface area contributed by atoms with Gasteiger partial charge in [-0.3, -0.25) is 9.59 Å². The number of carbonyl (C=O) groups is 2. The molecule has 150 valence electrons. The molecule has 2 atom stereocenters. The number of nitrogens with zero attached hydrogens (tertiary/aromatic N) is 1. The summed E-state index contributed by atoms with van der Waals surface area (Å²) in [5.74, 6) is -1.20. The molecule has 3 rings (SSSR count). The summed E-state index contributed by atoms with van der Waals surface area (Å²) in [7, 11) is 1.69. The van der Waals surface area contributed by atoms with E-state index in [2.05, 4.69) is 10.6 Å². The molecule has 2 bridgehead atoms. The molecule has 0 aliphatic carbocycles. The van der Waals surface area contributed by atoms with E-state index >= 15 is 0 Å². The average Bonchev–Trinajstić information content (AvgIpc) is 2.95. The normalized spacial score (nSPS) is 24.1. The Morgan fingerprint density at radius 3 is 2.37 bits per heavy atom. The summed E-state index contributed by atoms with van der Waals surface area (Å²) >= 11 is 0. The van der Waals surface area contributed by atoms with Gasteiger partial charge in [0.1, 0.15) is 0 Å². The van der Waals surface area contributed by atoms with Crippen molar-refractivity contribution in [1.82, 2.24) is 15.5 Å². The Balaban J connectivity index is 0.00000261. The van der Waals surface area contributed by atoms with Gasteiger partial charge in [0.2, 0.25) is 5.91 Å². The second-order valence-electron chi connectivity index (χ2n) is 6.99. The first-order valence-electron chi connectivity index (χ1n) is 8.72. The fraction of sp³-hybridized carbons (Fsp3) is 0.556. The summed E-state index contributed by atoms with van der Waals surface area (Å²) in [6.45, 7) is -0.319. The number of benzene rings is 1. The van der Waals surface area contributed by atoms with Gasteiger partial charge in [0, 0.05) is 25.2 Å². The molecule has 0 spiro atoms. The Morgan fingerprint density at radius 1 is 1.19 bits per heavy atom. The number of carbonyl (C=O) groups excluding carboxylic acids is 2. The monoisotopic (exact) mass is 405 g/mol. The van der Waals surface area contributed by atoms with Crippen LogP contribution >= 0.6 is 12.4 Å². The molecule has 0 saturated carbocycles. The van der Waals surface area contributed by atoms with Gasteiger partial charge in [0.05, 0.1) is 17.7 Å². The maximum absolute atomic E-state index is 13.0. The SMILES string of the molecule is CN(C(=O)CNC(=O)c1ccccc1C(F)(F)F)C1CC2CCC(C1)N2.Cl. The molecule has 2 heterocycles. The zero-order valence-corrected chi connectivity index (χ0v) is 15.7. The van der Waals surface area contributed by atoms with E-state index in [1.54, 1.807) is 11.9 Å². The molecular formula is C18H23ClF3N3O2. The number of hydrogen-bond acceptors (Lipinski definition) is 3. The van der Waals surface area contributed by atoms with Gasteiger partial charge in [-0.2, -0.15) is 13.2 Å². The number of amides is 2. The minimum Gasteiger partial charge on any atom is -0.343 e. The van der Waals surface area contributed by atoms with Crippen LogP contribution in [0.2, 0.25) is 0 Å². The number of piperidine rings is 1. The summed E-state index contributed by atoms with van der Waals surface area (Å²) in [6, 6.07) is 5.49. The Labute approximate surface area is 162 Å². The van der Waals surface area contributed by atoms with Gasteiger partial charge < -0.3 is 15.5 Å². The number of hydrogen-bond donors (Lipinski definition) is 2. The van der Waals surface area contributed by atoms with Crippen molar-refractivity contribution in [3.8, 4) is 0 Å². The molecule has 2 aliphatic rings. The second kappa shape index (κ2) is 8.48. The van der Waals surface area contributed by atoms with Crippen molar-refractivity contribution in [3.05, 3.63) is 35.4 Å². The highest BCUT2D eigenvalue weighted by Gasteiger charge is 2.37. The van der Waals surface area contributed by atoms with Crippen molar-refractivity contribution < 1.29 is 22.8 Å². The van der Waals surface area contributed by atoms with Crippen LogP contribution in [0.4, 0.5) is 13.2 Å². The van der Waals surface area contributed by atoms with Crippen LogP contribution in [0.3, 0.4) is 0 Å². The third-order valence-electron chi connectivity index (χ3n) is 5.27. The van der Waals surface area contributed by atoms with Gasteiger partial charge >= 0.3 is 6.18 Å². The molecule has 2 N–H and O–H groups in total. The molecule has 5 nitrogen and oxygen atoms in total. The van der Waals surface area contributed by atoms with Crippen molar-refractivity contribution in [1.29, 1.82) is 0 Å². The molecule has 2 saturated heterocycles. The Hall–Kier alpha value is -1.80. The van der Waals surface area contributed by atoms with E-state index in [0.29, 0.717) is 12.1 Å². The van der Waals surface area contributed by atoms with Crippen LogP contribution in [-0.2, 0) is 11.0 Å². The highest BCUT2D eigenvalue weighted by atomic mass is 35.5. The van der Waals surface area contributed by atoms with Crippen LogP contribution in [-0.4, -0.2) is 48.4 Å². The minimum absolute atomic E-state index is 0. The number of halogens is 4. The van der Waals surface area contributed by atoms with E-state index in [9.17, 15) is 22.8 Å². The summed E-state index contributed by atoms with van der Waals surface area (Å²) in [5.41, 5.74) is -1.48. The van der Waals surface area contributed by atoms with Gasteiger partial charge in [-0.1, -0.05) is 12.1 Å². The quantitative estimate of drug-likeness (QED) is 0.809. The lowest BCUT2D eigenvalue weighted by Crippen LogP contribution is -2.50. The maximum atomic E-state index is 13.0. The van der Waals surface area contributed by atoms with E-state index < -0.39 is 23.2 Å². The summed E-state index contributed by atoms with van der Waals surface area (Å²) in [4.78, 5) is 26.1. The van der Waals surface area contributed by atoms with Gasteiger partial charge in [-0.15, -0.1) is 12.4 Å². The topological polar surface area (TPSA) is 61.4 Å². The number of nitrogens with one attached hydrogen (secondary N) is 2. The number of fused-ring (bicyclic) bond motifs is 2. The zero-order valence-electron chi connectivity index (χ0n) is 14.9. The predicted octanol–water partition coefficient (Wildman–Crippen LogP) is 2.60. The molecule has 0 radical (unpaired) electrons. The molecule has 2 unspecified atom stereocenters. The first-order valence-corrected chi connectivity index (χ1v) is 8.72. The average molecular weight is 406 g/mol. The zero-order chi connectivity index (χ0) is 18.9. The van der Waals surface area contributed by atoms with E-state index in [1.165, 1.54) is 12.1 Å². The molecule has 0 aromatic heterocycles. The first-order chi connectivity index (χ1) is 12.3. The fourth-order valence-electron chi connectivity index (χ4n) is 3.85.